The van der Waals surface area contributed by atoms with Crippen LogP contribution in [0.3, 0.4) is 0 Å². The predicted molar refractivity (Wildman–Crippen MR) is 82.7 cm³/mol. The summed E-state index contributed by atoms with van der Waals surface area (Å²) >= 11 is 5.75. The van der Waals surface area contributed by atoms with Crippen molar-refractivity contribution in [2.24, 2.45) is 0 Å². The van der Waals surface area contributed by atoms with Crippen LogP contribution in [-0.2, 0) is 15.0 Å². The van der Waals surface area contributed by atoms with Crippen molar-refractivity contribution < 1.29 is 18.0 Å². The lowest BCUT2D eigenvalue weighted by Gasteiger charge is -2.25. The number of anilines is 1. The molecular weight excluding hydrogens is 330 g/mol. The van der Waals surface area contributed by atoms with E-state index in [4.69, 9.17) is 11.6 Å². The van der Waals surface area contributed by atoms with Crippen molar-refractivity contribution in [2.45, 2.75) is 26.3 Å². The van der Waals surface area contributed by atoms with E-state index in [-0.39, 0.29) is 6.54 Å². The predicted octanol–water partition coefficient (Wildman–Crippen LogP) is 2.06. The van der Waals surface area contributed by atoms with Gasteiger partial charge in [0.1, 0.15) is 5.54 Å². The van der Waals surface area contributed by atoms with Gasteiger partial charge in [-0.05, 0) is 45.0 Å². The van der Waals surface area contributed by atoms with Crippen LogP contribution in [0.2, 0.25) is 5.02 Å². The van der Waals surface area contributed by atoms with Crippen LogP contribution in [0.4, 0.5) is 10.5 Å². The SMILES string of the molecule is CCN1C(=O)C(C)(C)N(C(=O)Nc2ccc(Cl)cc2)S1(=O)=O. The highest BCUT2D eigenvalue weighted by Gasteiger charge is 2.57. The van der Waals surface area contributed by atoms with Crippen LogP contribution in [0.25, 0.3) is 0 Å². The molecule has 3 amide bonds. The van der Waals surface area contributed by atoms with Crippen LogP contribution in [0.15, 0.2) is 24.3 Å². The van der Waals surface area contributed by atoms with Gasteiger partial charge in [-0.1, -0.05) is 11.6 Å². The highest BCUT2D eigenvalue weighted by Crippen LogP contribution is 2.33. The second-order valence-corrected chi connectivity index (χ2v) is 7.38. The maximum Gasteiger partial charge on any atom is 0.337 e. The van der Waals surface area contributed by atoms with E-state index in [0.717, 1.165) is 0 Å². The number of carbonyl (C=O) groups excluding carboxylic acids is 2. The Labute approximate surface area is 134 Å². The van der Waals surface area contributed by atoms with Crippen LogP contribution in [0, 0.1) is 0 Å². The molecule has 1 heterocycles. The summed E-state index contributed by atoms with van der Waals surface area (Å²) in [5, 5.41) is 2.94. The first-order chi connectivity index (χ1) is 10.1. The lowest BCUT2D eigenvalue weighted by atomic mass is 10.1. The van der Waals surface area contributed by atoms with Crippen molar-refractivity contribution >= 4 is 39.4 Å². The molecule has 0 spiro atoms. The van der Waals surface area contributed by atoms with Crippen LogP contribution < -0.4 is 5.32 Å². The van der Waals surface area contributed by atoms with E-state index in [9.17, 15) is 18.0 Å². The van der Waals surface area contributed by atoms with E-state index in [0.29, 0.717) is 19.3 Å². The molecule has 0 atom stereocenters. The Bertz CT molecular complexity index is 715. The molecule has 1 aliphatic rings. The maximum absolute atomic E-state index is 12.4. The number of likely N-dealkylation sites (N-methyl/N-ethyl adjacent to an activating group) is 1. The summed E-state index contributed by atoms with van der Waals surface area (Å²) in [6, 6.07) is 5.30. The first kappa shape index (κ1) is 16.6. The summed E-state index contributed by atoms with van der Waals surface area (Å²) in [5.41, 5.74) is -1.10. The molecule has 9 heteroatoms. The molecule has 1 N–H and O–H groups in total. The summed E-state index contributed by atoms with van der Waals surface area (Å²) in [6.45, 7) is 4.29. The molecule has 0 aliphatic carbocycles. The summed E-state index contributed by atoms with van der Waals surface area (Å²) in [4.78, 5) is 24.6. The lowest BCUT2D eigenvalue weighted by Crippen LogP contribution is -2.49. The largest absolute Gasteiger partial charge is 0.337 e. The fourth-order valence-corrected chi connectivity index (χ4v) is 4.25. The fraction of sp³-hybridized carbons (Fsp3) is 0.385. The monoisotopic (exact) mass is 345 g/mol. The second-order valence-electron chi connectivity index (χ2n) is 5.24. The number of benzene rings is 1. The van der Waals surface area contributed by atoms with E-state index in [1.54, 1.807) is 12.1 Å². The van der Waals surface area contributed by atoms with Gasteiger partial charge in [0.2, 0.25) is 0 Å². The highest BCUT2D eigenvalue weighted by atomic mass is 35.5. The van der Waals surface area contributed by atoms with Gasteiger partial charge in [-0.2, -0.15) is 12.7 Å². The normalized spacial score (nSPS) is 19.4. The number of urea groups is 1. The molecule has 0 bridgehead atoms. The quantitative estimate of drug-likeness (QED) is 0.888. The number of halogens is 1. The fourth-order valence-electron chi connectivity index (χ4n) is 2.26. The van der Waals surface area contributed by atoms with Crippen molar-refractivity contribution in [1.29, 1.82) is 0 Å². The lowest BCUT2D eigenvalue weighted by molar-refractivity contribution is -0.130. The van der Waals surface area contributed by atoms with Crippen molar-refractivity contribution in [3.05, 3.63) is 29.3 Å². The Morgan fingerprint density at radius 2 is 1.82 bits per heavy atom. The highest BCUT2D eigenvalue weighted by molar-refractivity contribution is 7.88. The number of hydrogen-bond acceptors (Lipinski definition) is 4. The van der Waals surface area contributed by atoms with Gasteiger partial charge in [-0.15, -0.1) is 0 Å². The van der Waals surface area contributed by atoms with Crippen LogP contribution >= 0.6 is 11.6 Å². The Morgan fingerprint density at radius 1 is 1.27 bits per heavy atom. The minimum Gasteiger partial charge on any atom is -0.307 e. The molecule has 2 rings (SSSR count). The van der Waals surface area contributed by atoms with Crippen LogP contribution in [-0.4, -0.2) is 41.1 Å². The van der Waals surface area contributed by atoms with E-state index < -0.39 is 27.7 Å². The van der Waals surface area contributed by atoms with E-state index in [1.165, 1.54) is 32.9 Å². The van der Waals surface area contributed by atoms with E-state index in [2.05, 4.69) is 5.32 Å². The van der Waals surface area contributed by atoms with Crippen molar-refractivity contribution in [3.63, 3.8) is 0 Å². The van der Waals surface area contributed by atoms with Gasteiger partial charge in [0.05, 0.1) is 0 Å². The third-order valence-corrected chi connectivity index (χ3v) is 5.65. The average molecular weight is 346 g/mol. The summed E-state index contributed by atoms with van der Waals surface area (Å²) < 4.78 is 26.0. The maximum atomic E-state index is 12.4. The van der Waals surface area contributed by atoms with Gasteiger partial charge in [-0.3, -0.25) is 4.79 Å². The molecule has 1 saturated heterocycles. The van der Waals surface area contributed by atoms with Crippen molar-refractivity contribution in [3.8, 4) is 0 Å². The molecule has 7 nitrogen and oxygen atoms in total. The summed E-state index contributed by atoms with van der Waals surface area (Å²) in [7, 11) is -4.18. The minimum absolute atomic E-state index is 0.0324. The van der Waals surface area contributed by atoms with Crippen molar-refractivity contribution in [2.75, 3.05) is 11.9 Å². The number of amides is 3. The third kappa shape index (κ3) is 2.52. The standard InChI is InChI=1S/C13H16ClN3O4S/c1-4-16-11(18)13(2,3)17(22(16,20)21)12(19)15-10-7-5-9(14)6-8-10/h5-8H,4H2,1-3H3,(H,15,19). The summed E-state index contributed by atoms with van der Waals surface area (Å²) in [5.74, 6) is -0.638. The van der Waals surface area contributed by atoms with Gasteiger partial charge in [0, 0.05) is 17.3 Å². The zero-order chi connectivity index (χ0) is 16.7. The molecule has 0 saturated carbocycles. The number of nitrogens with one attached hydrogen (secondary N) is 1. The average Bonchev–Trinajstić information content (AvgIpc) is 2.54. The van der Waals surface area contributed by atoms with Crippen LogP contribution in [0.5, 0.6) is 0 Å². The van der Waals surface area contributed by atoms with Gasteiger partial charge >= 0.3 is 16.2 Å². The Morgan fingerprint density at radius 3 is 2.27 bits per heavy atom. The molecule has 22 heavy (non-hydrogen) atoms. The molecular formula is C13H16ClN3O4S. The Balaban J connectivity index is 2.35. The zero-order valence-electron chi connectivity index (χ0n) is 12.3. The first-order valence-corrected chi connectivity index (χ1v) is 8.34. The number of hydrogen-bond donors (Lipinski definition) is 1. The topological polar surface area (TPSA) is 86.8 Å². The van der Waals surface area contributed by atoms with E-state index >= 15 is 0 Å². The second kappa shape index (κ2) is 5.44. The minimum atomic E-state index is -4.18. The molecule has 0 radical (unpaired) electrons. The Hall–Kier alpha value is -1.80. The molecule has 1 aromatic rings. The van der Waals surface area contributed by atoms with Crippen molar-refractivity contribution in [1.82, 2.24) is 8.61 Å². The molecule has 1 aliphatic heterocycles. The molecule has 0 unspecified atom stereocenters. The zero-order valence-corrected chi connectivity index (χ0v) is 13.9. The molecule has 1 fully saturated rings. The van der Waals surface area contributed by atoms with Gasteiger partial charge < -0.3 is 5.32 Å². The Kier molecular flexibility index (Phi) is 4.09. The molecule has 1 aromatic carbocycles. The van der Waals surface area contributed by atoms with Gasteiger partial charge in [0.25, 0.3) is 5.91 Å². The number of rotatable bonds is 2. The first-order valence-electron chi connectivity index (χ1n) is 6.56. The third-order valence-electron chi connectivity index (χ3n) is 3.33. The van der Waals surface area contributed by atoms with Gasteiger partial charge in [-0.25, -0.2) is 9.10 Å². The number of carbonyl (C=O) groups is 2. The van der Waals surface area contributed by atoms with Gasteiger partial charge in [0.15, 0.2) is 0 Å². The molecule has 0 aromatic heterocycles. The smallest absolute Gasteiger partial charge is 0.307 e. The summed E-state index contributed by atoms with van der Waals surface area (Å²) in [6.07, 6.45) is 0. The van der Waals surface area contributed by atoms with E-state index in [1.807, 2.05) is 0 Å². The van der Waals surface area contributed by atoms with Crippen LogP contribution in [0.1, 0.15) is 20.8 Å². The number of nitrogens with zero attached hydrogens (tertiary/aromatic N) is 2. The molecule has 120 valence electrons.